The highest BCUT2D eigenvalue weighted by molar-refractivity contribution is 6.04. The summed E-state index contributed by atoms with van der Waals surface area (Å²) in [5.74, 6) is 0.686. The minimum atomic E-state index is -0.474. The van der Waals surface area contributed by atoms with Crippen LogP contribution in [-0.2, 0) is 0 Å². The normalized spacial score (nSPS) is 10.3. The molecule has 0 atom stereocenters. The average Bonchev–Trinajstić information content (AvgIpc) is 2.62. The van der Waals surface area contributed by atoms with E-state index in [9.17, 15) is 14.9 Å². The summed E-state index contributed by atoms with van der Waals surface area (Å²) in [6.07, 6.45) is 0.861. The molecule has 7 nitrogen and oxygen atoms in total. The van der Waals surface area contributed by atoms with Crippen molar-refractivity contribution >= 4 is 17.3 Å². The molecule has 0 radical (unpaired) electrons. The van der Waals surface area contributed by atoms with Crippen LogP contribution in [0.2, 0.25) is 0 Å². The molecule has 1 N–H and O–H groups in total. The number of carbonyl (C=O) groups excluding carboxylic acids is 1. The van der Waals surface area contributed by atoms with E-state index in [0.717, 1.165) is 6.42 Å². The van der Waals surface area contributed by atoms with Crippen LogP contribution in [-0.4, -0.2) is 24.0 Å². The summed E-state index contributed by atoms with van der Waals surface area (Å²) in [4.78, 5) is 23.0. The fourth-order valence-electron chi connectivity index (χ4n) is 2.34. The number of nitro groups is 1. The SMILES string of the molecule is CCCOc1ccc(C(=O)Nc2ccc(C)c([N+](=O)[O-])c2)cc1OCC. The standard InChI is InChI=1S/C19H22N2O5/c1-4-10-26-17-9-7-14(11-18(17)25-5-2)19(22)20-15-8-6-13(3)16(12-15)21(23)24/h6-9,11-12H,4-5,10H2,1-3H3,(H,20,22). The highest BCUT2D eigenvalue weighted by Crippen LogP contribution is 2.29. The van der Waals surface area contributed by atoms with Crippen LogP contribution < -0.4 is 14.8 Å². The molecule has 138 valence electrons. The molecule has 0 aliphatic rings. The van der Waals surface area contributed by atoms with Gasteiger partial charge < -0.3 is 14.8 Å². The Morgan fingerprint density at radius 2 is 1.88 bits per heavy atom. The Balaban J connectivity index is 2.22. The number of nitrogens with one attached hydrogen (secondary N) is 1. The van der Waals surface area contributed by atoms with E-state index in [1.54, 1.807) is 37.3 Å². The maximum Gasteiger partial charge on any atom is 0.274 e. The molecule has 0 bridgehead atoms. The van der Waals surface area contributed by atoms with Gasteiger partial charge in [-0.1, -0.05) is 13.0 Å². The van der Waals surface area contributed by atoms with Gasteiger partial charge in [0.15, 0.2) is 11.5 Å². The number of amides is 1. The number of nitro benzene ring substituents is 1. The molecule has 0 spiro atoms. The number of benzene rings is 2. The number of carbonyl (C=O) groups is 1. The first kappa shape index (κ1) is 19.2. The Hall–Kier alpha value is -3.09. The zero-order valence-corrected chi connectivity index (χ0v) is 15.1. The van der Waals surface area contributed by atoms with E-state index >= 15 is 0 Å². The predicted molar refractivity (Wildman–Crippen MR) is 99.2 cm³/mol. The summed E-state index contributed by atoms with van der Waals surface area (Å²) >= 11 is 0. The summed E-state index contributed by atoms with van der Waals surface area (Å²) in [6.45, 7) is 6.49. The van der Waals surface area contributed by atoms with E-state index in [4.69, 9.17) is 9.47 Å². The van der Waals surface area contributed by atoms with Gasteiger partial charge in [0, 0.05) is 22.9 Å². The minimum absolute atomic E-state index is 0.0406. The number of hydrogen-bond donors (Lipinski definition) is 1. The second kappa shape index (κ2) is 8.84. The molecule has 0 fully saturated rings. The van der Waals surface area contributed by atoms with Crippen LogP contribution in [0.4, 0.5) is 11.4 Å². The van der Waals surface area contributed by atoms with Crippen molar-refractivity contribution in [3.63, 3.8) is 0 Å². The van der Waals surface area contributed by atoms with Crippen LogP contribution in [0.25, 0.3) is 0 Å². The molecular formula is C19H22N2O5. The molecule has 0 aliphatic heterocycles. The van der Waals surface area contributed by atoms with Gasteiger partial charge >= 0.3 is 0 Å². The van der Waals surface area contributed by atoms with E-state index in [0.29, 0.717) is 41.5 Å². The number of nitrogens with zero attached hydrogens (tertiary/aromatic N) is 1. The van der Waals surface area contributed by atoms with Crippen LogP contribution in [0.15, 0.2) is 36.4 Å². The Kier molecular flexibility index (Phi) is 6.54. The van der Waals surface area contributed by atoms with Gasteiger partial charge in [-0.05, 0) is 44.5 Å². The number of hydrogen-bond acceptors (Lipinski definition) is 5. The van der Waals surface area contributed by atoms with E-state index in [-0.39, 0.29) is 11.6 Å². The second-order valence-corrected chi connectivity index (χ2v) is 5.66. The van der Waals surface area contributed by atoms with Gasteiger partial charge in [-0.15, -0.1) is 0 Å². The molecule has 0 aliphatic carbocycles. The summed E-state index contributed by atoms with van der Waals surface area (Å²) in [5.41, 5.74) is 1.22. The van der Waals surface area contributed by atoms with Crippen LogP contribution in [0.3, 0.4) is 0 Å². The molecule has 2 aromatic rings. The largest absolute Gasteiger partial charge is 0.490 e. The summed E-state index contributed by atoms with van der Waals surface area (Å²) in [5, 5.41) is 13.7. The van der Waals surface area contributed by atoms with Crippen molar-refractivity contribution in [3.8, 4) is 11.5 Å². The lowest BCUT2D eigenvalue weighted by Crippen LogP contribution is -2.12. The molecule has 26 heavy (non-hydrogen) atoms. The Morgan fingerprint density at radius 1 is 1.12 bits per heavy atom. The predicted octanol–water partition coefficient (Wildman–Crippen LogP) is 4.34. The Labute approximate surface area is 152 Å². The van der Waals surface area contributed by atoms with Crippen molar-refractivity contribution in [3.05, 3.63) is 57.6 Å². The smallest absolute Gasteiger partial charge is 0.274 e. The van der Waals surface area contributed by atoms with Gasteiger partial charge in [0.05, 0.1) is 18.1 Å². The summed E-state index contributed by atoms with van der Waals surface area (Å²) in [6, 6.07) is 9.49. The van der Waals surface area contributed by atoms with Crippen molar-refractivity contribution < 1.29 is 19.2 Å². The molecule has 0 aromatic heterocycles. The first-order valence-electron chi connectivity index (χ1n) is 8.42. The topological polar surface area (TPSA) is 90.7 Å². The fourth-order valence-corrected chi connectivity index (χ4v) is 2.34. The lowest BCUT2D eigenvalue weighted by atomic mass is 10.1. The molecule has 0 saturated heterocycles. The average molecular weight is 358 g/mol. The van der Waals surface area contributed by atoms with Crippen LogP contribution in [0, 0.1) is 17.0 Å². The highest BCUT2D eigenvalue weighted by atomic mass is 16.6. The first-order valence-corrected chi connectivity index (χ1v) is 8.42. The zero-order chi connectivity index (χ0) is 19.1. The van der Waals surface area contributed by atoms with E-state index in [2.05, 4.69) is 5.32 Å². The van der Waals surface area contributed by atoms with Crippen LogP contribution in [0.5, 0.6) is 11.5 Å². The highest BCUT2D eigenvalue weighted by Gasteiger charge is 2.15. The van der Waals surface area contributed by atoms with E-state index < -0.39 is 4.92 Å². The zero-order valence-electron chi connectivity index (χ0n) is 15.1. The van der Waals surface area contributed by atoms with Gasteiger partial charge in [0.2, 0.25) is 0 Å². The third-order valence-corrected chi connectivity index (χ3v) is 3.63. The third-order valence-electron chi connectivity index (χ3n) is 3.63. The monoisotopic (exact) mass is 358 g/mol. The van der Waals surface area contributed by atoms with Gasteiger partial charge in [-0.3, -0.25) is 14.9 Å². The summed E-state index contributed by atoms with van der Waals surface area (Å²) in [7, 11) is 0. The van der Waals surface area contributed by atoms with Gasteiger partial charge in [0.1, 0.15) is 0 Å². The quantitative estimate of drug-likeness (QED) is 0.560. The summed E-state index contributed by atoms with van der Waals surface area (Å²) < 4.78 is 11.2. The molecule has 2 aromatic carbocycles. The number of aryl methyl sites for hydroxylation is 1. The number of rotatable bonds is 8. The maximum absolute atomic E-state index is 12.5. The fraction of sp³-hybridized carbons (Fsp3) is 0.316. The van der Waals surface area contributed by atoms with Crippen LogP contribution in [0.1, 0.15) is 36.2 Å². The Morgan fingerprint density at radius 3 is 2.54 bits per heavy atom. The van der Waals surface area contributed by atoms with Crippen molar-refractivity contribution in [1.29, 1.82) is 0 Å². The van der Waals surface area contributed by atoms with Crippen molar-refractivity contribution in [1.82, 2.24) is 0 Å². The maximum atomic E-state index is 12.5. The van der Waals surface area contributed by atoms with E-state index in [1.807, 2.05) is 13.8 Å². The lowest BCUT2D eigenvalue weighted by molar-refractivity contribution is -0.385. The molecule has 7 heteroatoms. The number of anilines is 1. The van der Waals surface area contributed by atoms with Crippen molar-refractivity contribution in [2.75, 3.05) is 18.5 Å². The van der Waals surface area contributed by atoms with Crippen molar-refractivity contribution in [2.24, 2.45) is 0 Å². The minimum Gasteiger partial charge on any atom is -0.490 e. The molecule has 0 saturated carbocycles. The third kappa shape index (κ3) is 4.72. The van der Waals surface area contributed by atoms with Gasteiger partial charge in [0.25, 0.3) is 11.6 Å². The van der Waals surface area contributed by atoms with E-state index in [1.165, 1.54) is 6.07 Å². The number of ether oxygens (including phenoxy) is 2. The molecular weight excluding hydrogens is 336 g/mol. The lowest BCUT2D eigenvalue weighted by Gasteiger charge is -2.13. The first-order chi connectivity index (χ1) is 12.5. The molecule has 2 rings (SSSR count). The Bertz CT molecular complexity index is 805. The molecule has 1 amide bonds. The van der Waals surface area contributed by atoms with Crippen LogP contribution >= 0.6 is 0 Å². The molecule has 0 heterocycles. The van der Waals surface area contributed by atoms with Crippen molar-refractivity contribution in [2.45, 2.75) is 27.2 Å². The van der Waals surface area contributed by atoms with Gasteiger partial charge in [-0.25, -0.2) is 0 Å². The van der Waals surface area contributed by atoms with Gasteiger partial charge in [-0.2, -0.15) is 0 Å². The second-order valence-electron chi connectivity index (χ2n) is 5.66. The molecule has 0 unspecified atom stereocenters.